The summed E-state index contributed by atoms with van der Waals surface area (Å²) >= 11 is 3.22. The molecular weight excluding hydrogens is 237 g/mol. The van der Waals surface area contributed by atoms with Gasteiger partial charge in [-0.1, -0.05) is 22.0 Å². The molecule has 0 aliphatic heterocycles. The molecule has 0 aromatic heterocycles. The molecule has 72 valence electrons. The molecule has 4 heteroatoms. The Morgan fingerprint density at radius 1 is 1.54 bits per heavy atom. The first-order valence-corrected chi connectivity index (χ1v) is 4.99. The molecule has 0 spiro atoms. The fourth-order valence-electron chi connectivity index (χ4n) is 1.01. The molecule has 0 aliphatic rings. The number of hydrogen-bond donors (Lipinski definition) is 1. The average molecular weight is 248 g/mol. The minimum atomic E-state index is -0.323. The maximum absolute atomic E-state index is 13.1. The van der Waals surface area contributed by atoms with Crippen molar-refractivity contribution in [3.8, 4) is 5.75 Å². The van der Waals surface area contributed by atoms with Gasteiger partial charge in [-0.25, -0.2) is 4.39 Å². The van der Waals surface area contributed by atoms with Gasteiger partial charge in [0.25, 0.3) is 0 Å². The summed E-state index contributed by atoms with van der Waals surface area (Å²) in [5.41, 5.74) is 1.60. The van der Waals surface area contributed by atoms with Crippen LogP contribution in [0.15, 0.2) is 18.2 Å². The summed E-state index contributed by atoms with van der Waals surface area (Å²) in [5, 5.41) is 3.04. The molecule has 0 saturated carbocycles. The number of ether oxygens (including phenoxy) is 1. The number of alkyl halides is 1. The zero-order chi connectivity index (χ0) is 9.68. The van der Waals surface area contributed by atoms with Crippen molar-refractivity contribution in [2.75, 3.05) is 12.6 Å². The SMILES string of the molecule is COc1ccc(CNCBr)cc1F. The molecule has 1 rings (SSSR count). The zero-order valence-corrected chi connectivity index (χ0v) is 8.90. The van der Waals surface area contributed by atoms with E-state index in [9.17, 15) is 4.39 Å². The summed E-state index contributed by atoms with van der Waals surface area (Å²) in [4.78, 5) is 0. The van der Waals surface area contributed by atoms with Crippen molar-refractivity contribution in [1.29, 1.82) is 0 Å². The van der Waals surface area contributed by atoms with E-state index in [-0.39, 0.29) is 11.6 Å². The molecule has 0 unspecified atom stereocenters. The molecule has 0 radical (unpaired) electrons. The van der Waals surface area contributed by atoms with Gasteiger partial charge < -0.3 is 10.1 Å². The van der Waals surface area contributed by atoms with Gasteiger partial charge in [0.1, 0.15) is 0 Å². The second-order valence-corrected chi connectivity index (χ2v) is 3.09. The zero-order valence-electron chi connectivity index (χ0n) is 7.31. The maximum Gasteiger partial charge on any atom is 0.165 e. The Kier molecular flexibility index (Phi) is 4.18. The van der Waals surface area contributed by atoms with Crippen LogP contribution in [0.1, 0.15) is 5.56 Å². The Morgan fingerprint density at radius 3 is 2.85 bits per heavy atom. The summed E-state index contributed by atoms with van der Waals surface area (Å²) in [5.74, 6) is -0.0426. The van der Waals surface area contributed by atoms with Gasteiger partial charge in [0.15, 0.2) is 11.6 Å². The van der Waals surface area contributed by atoms with Gasteiger partial charge in [0, 0.05) is 6.54 Å². The average Bonchev–Trinajstić information content (AvgIpc) is 2.15. The summed E-state index contributed by atoms with van der Waals surface area (Å²) in [6.07, 6.45) is 0. The van der Waals surface area contributed by atoms with Crippen LogP contribution in [0.3, 0.4) is 0 Å². The lowest BCUT2D eigenvalue weighted by Gasteiger charge is -2.04. The van der Waals surface area contributed by atoms with E-state index in [4.69, 9.17) is 4.74 Å². The Labute approximate surface area is 85.2 Å². The van der Waals surface area contributed by atoms with Crippen molar-refractivity contribution in [2.24, 2.45) is 0 Å². The van der Waals surface area contributed by atoms with Crippen molar-refractivity contribution >= 4 is 15.9 Å². The molecule has 0 atom stereocenters. The van der Waals surface area contributed by atoms with Gasteiger partial charge in [-0.05, 0) is 17.7 Å². The highest BCUT2D eigenvalue weighted by Gasteiger charge is 2.02. The first kappa shape index (κ1) is 10.5. The standard InChI is InChI=1S/C9H11BrFNO/c1-13-9-3-2-7(4-8(9)11)5-12-6-10/h2-4,12H,5-6H2,1H3. The molecule has 0 saturated heterocycles. The summed E-state index contributed by atoms with van der Waals surface area (Å²) in [7, 11) is 1.45. The predicted octanol–water partition coefficient (Wildman–Crippen LogP) is 2.28. The highest BCUT2D eigenvalue weighted by atomic mass is 79.9. The maximum atomic E-state index is 13.1. The van der Waals surface area contributed by atoms with Gasteiger partial charge in [0.05, 0.1) is 12.6 Å². The fraction of sp³-hybridized carbons (Fsp3) is 0.333. The smallest absolute Gasteiger partial charge is 0.165 e. The Bertz CT molecular complexity index is 280. The van der Waals surface area contributed by atoms with Crippen molar-refractivity contribution in [3.63, 3.8) is 0 Å². The number of hydrogen-bond acceptors (Lipinski definition) is 2. The molecule has 0 bridgehead atoms. The van der Waals surface area contributed by atoms with Crippen LogP contribution in [0.2, 0.25) is 0 Å². The van der Waals surface area contributed by atoms with Crippen molar-refractivity contribution in [1.82, 2.24) is 5.32 Å². The topological polar surface area (TPSA) is 21.3 Å². The molecule has 0 heterocycles. The second kappa shape index (κ2) is 5.19. The molecule has 1 aromatic carbocycles. The van der Waals surface area contributed by atoms with Crippen LogP contribution in [0, 0.1) is 5.82 Å². The molecule has 0 amide bonds. The molecule has 13 heavy (non-hydrogen) atoms. The van der Waals surface area contributed by atoms with Crippen LogP contribution in [0.4, 0.5) is 4.39 Å². The van der Waals surface area contributed by atoms with E-state index in [1.165, 1.54) is 13.2 Å². The second-order valence-electron chi connectivity index (χ2n) is 2.53. The van der Waals surface area contributed by atoms with Crippen LogP contribution in [-0.4, -0.2) is 12.6 Å². The summed E-state index contributed by atoms with van der Waals surface area (Å²) in [6.45, 7) is 0.645. The van der Waals surface area contributed by atoms with E-state index >= 15 is 0 Å². The van der Waals surface area contributed by atoms with Gasteiger partial charge in [-0.15, -0.1) is 0 Å². The highest BCUT2D eigenvalue weighted by molar-refractivity contribution is 9.09. The fourth-order valence-corrected chi connectivity index (χ4v) is 1.21. The van der Waals surface area contributed by atoms with Crippen molar-refractivity contribution in [3.05, 3.63) is 29.6 Å². The van der Waals surface area contributed by atoms with Gasteiger partial charge in [0.2, 0.25) is 0 Å². The molecule has 1 N–H and O–H groups in total. The van der Waals surface area contributed by atoms with E-state index < -0.39 is 0 Å². The first-order valence-electron chi connectivity index (χ1n) is 3.87. The normalized spacial score (nSPS) is 10.1. The van der Waals surface area contributed by atoms with E-state index in [1.807, 2.05) is 6.07 Å². The number of nitrogens with one attached hydrogen (secondary N) is 1. The predicted molar refractivity (Wildman–Crippen MR) is 53.6 cm³/mol. The van der Waals surface area contributed by atoms with Gasteiger partial charge in [-0.3, -0.25) is 0 Å². The third-order valence-corrected chi connectivity index (χ3v) is 2.04. The third kappa shape index (κ3) is 2.97. The minimum Gasteiger partial charge on any atom is -0.494 e. The summed E-state index contributed by atoms with van der Waals surface area (Å²) < 4.78 is 17.9. The van der Waals surface area contributed by atoms with Crippen LogP contribution >= 0.6 is 15.9 Å². The van der Waals surface area contributed by atoms with E-state index in [1.54, 1.807) is 6.07 Å². The Morgan fingerprint density at radius 2 is 2.31 bits per heavy atom. The van der Waals surface area contributed by atoms with Crippen molar-refractivity contribution in [2.45, 2.75) is 6.54 Å². The quantitative estimate of drug-likeness (QED) is 0.652. The number of benzene rings is 1. The van der Waals surface area contributed by atoms with E-state index in [0.717, 1.165) is 5.56 Å². The Balaban J connectivity index is 2.71. The lowest BCUT2D eigenvalue weighted by atomic mass is 10.2. The molecule has 0 aliphatic carbocycles. The number of methoxy groups -OCH3 is 1. The van der Waals surface area contributed by atoms with E-state index in [2.05, 4.69) is 21.2 Å². The summed E-state index contributed by atoms with van der Waals surface area (Å²) in [6, 6.07) is 4.92. The minimum absolute atomic E-state index is 0.280. The Hall–Kier alpha value is -0.610. The monoisotopic (exact) mass is 247 g/mol. The molecule has 1 aromatic rings. The van der Waals surface area contributed by atoms with Crippen molar-refractivity contribution < 1.29 is 9.13 Å². The van der Waals surface area contributed by atoms with E-state index in [0.29, 0.717) is 12.0 Å². The van der Waals surface area contributed by atoms with Gasteiger partial charge >= 0.3 is 0 Å². The van der Waals surface area contributed by atoms with Crippen LogP contribution in [-0.2, 0) is 6.54 Å². The molecule has 0 fully saturated rings. The third-order valence-electron chi connectivity index (χ3n) is 1.64. The van der Waals surface area contributed by atoms with Crippen LogP contribution in [0.5, 0.6) is 5.75 Å². The largest absolute Gasteiger partial charge is 0.494 e. The molecular formula is C9H11BrFNO. The highest BCUT2D eigenvalue weighted by Crippen LogP contribution is 2.17. The lowest BCUT2D eigenvalue weighted by molar-refractivity contribution is 0.386. The lowest BCUT2D eigenvalue weighted by Crippen LogP contribution is -2.09. The van der Waals surface area contributed by atoms with Gasteiger partial charge in [-0.2, -0.15) is 0 Å². The van der Waals surface area contributed by atoms with Crippen LogP contribution in [0.25, 0.3) is 0 Å². The van der Waals surface area contributed by atoms with Crippen LogP contribution < -0.4 is 10.1 Å². The number of rotatable bonds is 4. The number of halogens is 2. The molecule has 2 nitrogen and oxygen atoms in total. The first-order chi connectivity index (χ1) is 6.27.